The Kier molecular flexibility index (Phi) is 3.27. The summed E-state index contributed by atoms with van der Waals surface area (Å²) in [6, 6.07) is 5.73. The predicted octanol–water partition coefficient (Wildman–Crippen LogP) is 3.40. The molecule has 0 fully saturated rings. The summed E-state index contributed by atoms with van der Waals surface area (Å²) < 4.78 is 10.9. The van der Waals surface area contributed by atoms with Crippen molar-refractivity contribution in [2.45, 2.75) is 27.2 Å². The number of benzene rings is 1. The van der Waals surface area contributed by atoms with Crippen molar-refractivity contribution in [1.29, 1.82) is 0 Å². The lowest BCUT2D eigenvalue weighted by atomic mass is 9.85. The van der Waals surface area contributed by atoms with E-state index in [1.54, 1.807) is 21.0 Å². The van der Waals surface area contributed by atoms with Crippen LogP contribution in [0.4, 0.5) is 0 Å². The van der Waals surface area contributed by atoms with Crippen molar-refractivity contribution in [3.05, 3.63) is 29.5 Å². The molecule has 0 aliphatic carbocycles. The van der Waals surface area contributed by atoms with Crippen LogP contribution in [-0.4, -0.2) is 18.2 Å². The second-order valence-corrected chi connectivity index (χ2v) is 5.44. The zero-order valence-electron chi connectivity index (χ0n) is 11.6. The van der Waals surface area contributed by atoms with Crippen molar-refractivity contribution in [1.82, 2.24) is 0 Å². The molecule has 0 aliphatic heterocycles. The second kappa shape index (κ2) is 4.61. The SMILES string of the molecule is COc1cc(CC(C)(C)C(=O)O)cc2cc(C)oc12. The maximum atomic E-state index is 11.2. The van der Waals surface area contributed by atoms with E-state index in [0.717, 1.165) is 16.7 Å². The Morgan fingerprint density at radius 2 is 2.05 bits per heavy atom. The van der Waals surface area contributed by atoms with Gasteiger partial charge in [-0.15, -0.1) is 0 Å². The summed E-state index contributed by atoms with van der Waals surface area (Å²) in [5, 5.41) is 10.1. The first kappa shape index (κ1) is 13.5. The van der Waals surface area contributed by atoms with Crippen molar-refractivity contribution < 1.29 is 19.1 Å². The average molecular weight is 262 g/mol. The molecular weight excluding hydrogens is 244 g/mol. The Balaban J connectivity index is 2.47. The molecule has 2 aromatic rings. The second-order valence-electron chi connectivity index (χ2n) is 5.44. The standard InChI is InChI=1S/C15H18O4/c1-9-5-11-6-10(8-15(2,3)14(16)17)7-12(18-4)13(11)19-9/h5-7H,8H2,1-4H3,(H,16,17). The van der Waals surface area contributed by atoms with Crippen LogP contribution in [0.3, 0.4) is 0 Å². The average Bonchev–Trinajstić information content (AvgIpc) is 2.67. The first-order valence-corrected chi connectivity index (χ1v) is 6.14. The number of carboxylic acid groups (broad SMARTS) is 1. The maximum Gasteiger partial charge on any atom is 0.309 e. The molecule has 102 valence electrons. The number of aliphatic carboxylic acids is 1. The van der Waals surface area contributed by atoms with Gasteiger partial charge in [0.05, 0.1) is 12.5 Å². The highest BCUT2D eigenvalue weighted by Gasteiger charge is 2.28. The van der Waals surface area contributed by atoms with Gasteiger partial charge in [-0.3, -0.25) is 4.79 Å². The van der Waals surface area contributed by atoms with E-state index < -0.39 is 11.4 Å². The van der Waals surface area contributed by atoms with E-state index in [0.29, 0.717) is 17.8 Å². The quantitative estimate of drug-likeness (QED) is 0.917. The Labute approximate surface area is 112 Å². The number of fused-ring (bicyclic) bond motifs is 1. The van der Waals surface area contributed by atoms with E-state index in [1.807, 2.05) is 25.1 Å². The van der Waals surface area contributed by atoms with Crippen LogP contribution >= 0.6 is 0 Å². The molecule has 0 aliphatic rings. The number of ether oxygens (including phenoxy) is 1. The maximum absolute atomic E-state index is 11.2. The molecule has 4 nitrogen and oxygen atoms in total. The fraction of sp³-hybridized carbons (Fsp3) is 0.400. The van der Waals surface area contributed by atoms with Crippen molar-refractivity contribution in [2.24, 2.45) is 5.41 Å². The number of rotatable bonds is 4. The number of hydrogen-bond donors (Lipinski definition) is 1. The summed E-state index contributed by atoms with van der Waals surface area (Å²) in [5.74, 6) is 0.639. The molecule has 19 heavy (non-hydrogen) atoms. The van der Waals surface area contributed by atoms with Crippen LogP contribution in [0, 0.1) is 12.3 Å². The summed E-state index contributed by atoms with van der Waals surface area (Å²) in [4.78, 5) is 11.2. The Morgan fingerprint density at radius 3 is 2.63 bits per heavy atom. The minimum absolute atomic E-state index is 0.443. The molecule has 1 heterocycles. The normalized spacial score (nSPS) is 11.8. The van der Waals surface area contributed by atoms with Crippen LogP contribution in [0.2, 0.25) is 0 Å². The van der Waals surface area contributed by atoms with E-state index in [2.05, 4.69) is 0 Å². The van der Waals surface area contributed by atoms with Gasteiger partial charge in [0.15, 0.2) is 11.3 Å². The van der Waals surface area contributed by atoms with Crippen LogP contribution < -0.4 is 4.74 Å². The monoisotopic (exact) mass is 262 g/mol. The van der Waals surface area contributed by atoms with E-state index in [9.17, 15) is 9.90 Å². The van der Waals surface area contributed by atoms with Gasteiger partial charge < -0.3 is 14.3 Å². The molecule has 0 atom stereocenters. The third-order valence-electron chi connectivity index (χ3n) is 3.21. The lowest BCUT2D eigenvalue weighted by Gasteiger charge is -2.19. The predicted molar refractivity (Wildman–Crippen MR) is 72.6 cm³/mol. The molecule has 1 aromatic heterocycles. The van der Waals surface area contributed by atoms with Gasteiger partial charge in [-0.25, -0.2) is 0 Å². The highest BCUT2D eigenvalue weighted by atomic mass is 16.5. The zero-order chi connectivity index (χ0) is 14.2. The topological polar surface area (TPSA) is 59.7 Å². The Hall–Kier alpha value is -1.97. The number of methoxy groups -OCH3 is 1. The first-order valence-electron chi connectivity index (χ1n) is 6.14. The molecule has 2 rings (SSSR count). The lowest BCUT2D eigenvalue weighted by molar-refractivity contribution is -0.146. The number of furan rings is 1. The van der Waals surface area contributed by atoms with Crippen LogP contribution in [0.15, 0.2) is 22.6 Å². The van der Waals surface area contributed by atoms with Gasteiger partial charge >= 0.3 is 5.97 Å². The molecule has 0 unspecified atom stereocenters. The molecular formula is C15H18O4. The summed E-state index contributed by atoms with van der Waals surface area (Å²) in [5.41, 5.74) is 0.826. The van der Waals surface area contributed by atoms with Crippen LogP contribution in [0.5, 0.6) is 5.75 Å². The molecule has 0 saturated heterocycles. The zero-order valence-corrected chi connectivity index (χ0v) is 11.6. The van der Waals surface area contributed by atoms with Gasteiger partial charge in [0.1, 0.15) is 5.76 Å². The van der Waals surface area contributed by atoms with Gasteiger partial charge in [0.2, 0.25) is 0 Å². The molecule has 0 spiro atoms. The number of hydrogen-bond acceptors (Lipinski definition) is 3. The van der Waals surface area contributed by atoms with Crippen LogP contribution in [-0.2, 0) is 11.2 Å². The summed E-state index contributed by atoms with van der Waals surface area (Å²) in [6.07, 6.45) is 0.443. The van der Waals surface area contributed by atoms with E-state index >= 15 is 0 Å². The summed E-state index contributed by atoms with van der Waals surface area (Å²) in [6.45, 7) is 5.31. The molecule has 0 bridgehead atoms. The van der Waals surface area contributed by atoms with E-state index in [1.165, 1.54) is 0 Å². The Morgan fingerprint density at radius 1 is 1.37 bits per heavy atom. The fourth-order valence-corrected chi connectivity index (χ4v) is 2.15. The largest absolute Gasteiger partial charge is 0.493 e. The van der Waals surface area contributed by atoms with E-state index in [-0.39, 0.29) is 0 Å². The van der Waals surface area contributed by atoms with Crippen molar-refractivity contribution in [2.75, 3.05) is 7.11 Å². The molecule has 4 heteroatoms. The minimum Gasteiger partial charge on any atom is -0.493 e. The molecule has 0 radical (unpaired) electrons. The molecule has 1 aromatic carbocycles. The van der Waals surface area contributed by atoms with Gasteiger partial charge in [0.25, 0.3) is 0 Å². The molecule has 0 amide bonds. The van der Waals surface area contributed by atoms with Crippen LogP contribution in [0.1, 0.15) is 25.2 Å². The smallest absolute Gasteiger partial charge is 0.309 e. The highest BCUT2D eigenvalue weighted by Crippen LogP contribution is 2.32. The number of carboxylic acids is 1. The van der Waals surface area contributed by atoms with Gasteiger partial charge in [-0.1, -0.05) is 0 Å². The summed E-state index contributed by atoms with van der Waals surface area (Å²) >= 11 is 0. The van der Waals surface area contributed by atoms with Gasteiger partial charge in [0, 0.05) is 5.39 Å². The number of aryl methyl sites for hydroxylation is 1. The fourth-order valence-electron chi connectivity index (χ4n) is 2.15. The van der Waals surface area contributed by atoms with Crippen molar-refractivity contribution in [3.63, 3.8) is 0 Å². The van der Waals surface area contributed by atoms with Crippen molar-refractivity contribution in [3.8, 4) is 5.75 Å². The molecule has 0 saturated carbocycles. The van der Waals surface area contributed by atoms with Crippen LogP contribution in [0.25, 0.3) is 11.0 Å². The third kappa shape index (κ3) is 2.57. The molecule has 1 N–H and O–H groups in total. The highest BCUT2D eigenvalue weighted by molar-refractivity contribution is 5.85. The third-order valence-corrected chi connectivity index (χ3v) is 3.21. The Bertz CT molecular complexity index is 622. The number of carbonyl (C=O) groups is 1. The minimum atomic E-state index is -0.810. The lowest BCUT2D eigenvalue weighted by Crippen LogP contribution is -2.26. The van der Waals surface area contributed by atoms with Gasteiger partial charge in [-0.05, 0) is 51.0 Å². The van der Waals surface area contributed by atoms with E-state index in [4.69, 9.17) is 9.15 Å². The summed E-state index contributed by atoms with van der Waals surface area (Å²) in [7, 11) is 1.58. The van der Waals surface area contributed by atoms with Crippen molar-refractivity contribution >= 4 is 16.9 Å². The van der Waals surface area contributed by atoms with Gasteiger partial charge in [-0.2, -0.15) is 0 Å². The first-order chi connectivity index (χ1) is 8.83.